The van der Waals surface area contributed by atoms with Crippen molar-refractivity contribution in [3.63, 3.8) is 0 Å². The second-order valence-electron chi connectivity index (χ2n) is 6.13. The molecule has 27 heavy (non-hydrogen) atoms. The Bertz CT molecular complexity index is 1000. The first-order valence-corrected chi connectivity index (χ1v) is 8.05. The Hall–Kier alpha value is -3.28. The van der Waals surface area contributed by atoms with Crippen LogP contribution in [0.15, 0.2) is 58.6 Å². The summed E-state index contributed by atoms with van der Waals surface area (Å²) in [5, 5.41) is 10.0. The molecule has 0 radical (unpaired) electrons. The molecule has 1 N–H and O–H groups in total. The van der Waals surface area contributed by atoms with Gasteiger partial charge in [-0.05, 0) is 19.1 Å². The SMILES string of the molecule is C=[N+]([CH-]c1ccc(-c2ccccc2C(F)(F)F)[o+]1[CH2-])c1cc(C)ccc1O. The van der Waals surface area contributed by atoms with Crippen molar-refractivity contribution in [2.24, 2.45) is 0 Å². The highest BCUT2D eigenvalue weighted by atomic mass is 19.4. The lowest BCUT2D eigenvalue weighted by Crippen LogP contribution is -2.07. The van der Waals surface area contributed by atoms with Gasteiger partial charge >= 0.3 is 6.18 Å². The van der Waals surface area contributed by atoms with E-state index < -0.39 is 11.7 Å². The van der Waals surface area contributed by atoms with Crippen LogP contribution in [0.2, 0.25) is 0 Å². The van der Waals surface area contributed by atoms with E-state index in [1.54, 1.807) is 36.9 Å². The van der Waals surface area contributed by atoms with Crippen LogP contribution in [0.5, 0.6) is 5.75 Å². The molecule has 0 fully saturated rings. The lowest BCUT2D eigenvalue weighted by molar-refractivity contribution is -0.382. The van der Waals surface area contributed by atoms with Gasteiger partial charge in [0.15, 0.2) is 11.4 Å². The second kappa shape index (κ2) is 6.79. The summed E-state index contributed by atoms with van der Waals surface area (Å²) in [5.41, 5.74) is 0.671. The van der Waals surface area contributed by atoms with Crippen molar-refractivity contribution >= 4 is 12.4 Å². The van der Waals surface area contributed by atoms with Crippen molar-refractivity contribution < 1.29 is 26.9 Å². The summed E-state index contributed by atoms with van der Waals surface area (Å²) >= 11 is 0. The van der Waals surface area contributed by atoms with Crippen LogP contribution in [-0.2, 0) is 6.18 Å². The van der Waals surface area contributed by atoms with Crippen molar-refractivity contribution in [1.29, 1.82) is 0 Å². The number of nitrogens with zero attached hydrogens (tertiary/aromatic N) is 1. The van der Waals surface area contributed by atoms with Gasteiger partial charge in [0.2, 0.25) is 0 Å². The fourth-order valence-electron chi connectivity index (χ4n) is 2.81. The molecule has 3 rings (SSSR count). The van der Waals surface area contributed by atoms with Crippen molar-refractivity contribution in [1.82, 2.24) is 0 Å². The Morgan fingerprint density at radius 1 is 1.11 bits per heavy atom. The first-order chi connectivity index (χ1) is 12.7. The van der Waals surface area contributed by atoms with Crippen LogP contribution in [0.25, 0.3) is 11.3 Å². The zero-order chi connectivity index (χ0) is 19.8. The third kappa shape index (κ3) is 3.65. The number of benzene rings is 2. The zero-order valence-corrected chi connectivity index (χ0v) is 14.6. The molecule has 0 amide bonds. The number of aryl methyl sites for hydroxylation is 1. The molecule has 0 unspecified atom stereocenters. The number of rotatable bonds is 4. The van der Waals surface area contributed by atoms with Crippen LogP contribution in [0.1, 0.15) is 16.9 Å². The van der Waals surface area contributed by atoms with Crippen molar-refractivity contribution in [3.8, 4) is 17.1 Å². The highest BCUT2D eigenvalue weighted by Crippen LogP contribution is 2.39. The van der Waals surface area contributed by atoms with E-state index in [4.69, 9.17) is 0 Å². The molecule has 0 spiro atoms. The van der Waals surface area contributed by atoms with E-state index in [9.17, 15) is 18.3 Å². The third-order valence-corrected chi connectivity index (χ3v) is 4.17. The van der Waals surface area contributed by atoms with E-state index >= 15 is 0 Å². The van der Waals surface area contributed by atoms with Gasteiger partial charge < -0.3 is 9.15 Å². The van der Waals surface area contributed by atoms with Gasteiger partial charge in [-0.1, -0.05) is 48.0 Å². The average Bonchev–Trinajstić information content (AvgIpc) is 2.96. The molecule has 0 aliphatic carbocycles. The maximum atomic E-state index is 13.3. The Morgan fingerprint density at radius 3 is 2.52 bits per heavy atom. The summed E-state index contributed by atoms with van der Waals surface area (Å²) in [6.45, 7) is 7.31. The minimum Gasteiger partial charge on any atom is -0.673 e. The Balaban J connectivity index is 1.96. The van der Waals surface area contributed by atoms with Gasteiger partial charge in [-0.15, -0.1) is 0 Å². The van der Waals surface area contributed by atoms with Crippen molar-refractivity contribution in [2.75, 3.05) is 0 Å². The summed E-state index contributed by atoms with van der Waals surface area (Å²) in [6, 6.07) is 13.5. The fourth-order valence-corrected chi connectivity index (χ4v) is 2.81. The van der Waals surface area contributed by atoms with Gasteiger partial charge in [0.05, 0.1) is 19.4 Å². The van der Waals surface area contributed by atoms with Crippen LogP contribution in [0, 0.1) is 20.6 Å². The number of hydrogen-bond donors (Lipinski definition) is 1. The summed E-state index contributed by atoms with van der Waals surface area (Å²) in [4.78, 5) is 0. The molecule has 3 aromatic rings. The first-order valence-electron chi connectivity index (χ1n) is 8.05. The van der Waals surface area contributed by atoms with E-state index in [-0.39, 0.29) is 17.1 Å². The van der Waals surface area contributed by atoms with Crippen LogP contribution >= 0.6 is 0 Å². The summed E-state index contributed by atoms with van der Waals surface area (Å²) in [5.74, 6) is 0.746. The number of alkyl halides is 3. The van der Waals surface area contributed by atoms with E-state index in [2.05, 4.69) is 17.9 Å². The van der Waals surface area contributed by atoms with Gasteiger partial charge in [0, 0.05) is 5.56 Å². The number of aromatic hydroxyl groups is 1. The minimum absolute atomic E-state index is 0.0127. The van der Waals surface area contributed by atoms with Crippen LogP contribution in [-0.4, -0.2) is 16.4 Å². The fraction of sp³-hybridized carbons (Fsp3) is 0.0952. The number of hydrogen-bond acceptors (Lipinski definition) is 1. The lowest BCUT2D eigenvalue weighted by atomic mass is 10.1. The standard InChI is InChI=1S/C21H18F3NO2/c1-14-8-10-19(26)18(12-14)25(2)13-15-9-11-20(27(15)3)16-6-4-5-7-17(16)21(22,23)24/h4-13,26H,2-3H2,1H3. The maximum absolute atomic E-state index is 13.3. The molecule has 140 valence electrons. The quantitative estimate of drug-likeness (QED) is 0.264. The molecule has 0 aliphatic heterocycles. The van der Waals surface area contributed by atoms with Crippen LogP contribution < -0.4 is 0 Å². The lowest BCUT2D eigenvalue weighted by Gasteiger charge is -2.18. The largest absolute Gasteiger partial charge is 0.673 e. The Labute approximate surface area is 155 Å². The van der Waals surface area contributed by atoms with E-state index in [0.717, 1.165) is 11.6 Å². The molecule has 0 aliphatic rings. The predicted octanol–water partition coefficient (Wildman–Crippen LogP) is 5.86. The highest BCUT2D eigenvalue weighted by molar-refractivity contribution is 5.64. The van der Waals surface area contributed by atoms with E-state index in [1.807, 2.05) is 6.92 Å². The number of halogens is 3. The molecule has 2 aromatic carbocycles. The molecular weight excluding hydrogens is 355 g/mol. The molecule has 0 atom stereocenters. The van der Waals surface area contributed by atoms with E-state index in [1.165, 1.54) is 22.8 Å². The van der Waals surface area contributed by atoms with Crippen molar-refractivity contribution in [3.05, 3.63) is 85.1 Å². The number of phenolic OH excluding ortho intramolecular Hbond substituents is 1. The van der Waals surface area contributed by atoms with E-state index in [0.29, 0.717) is 11.4 Å². The highest BCUT2D eigenvalue weighted by Gasteiger charge is 2.34. The Kier molecular flexibility index (Phi) is 4.66. The summed E-state index contributed by atoms with van der Waals surface area (Å²) in [7, 11) is 3.78. The third-order valence-electron chi connectivity index (χ3n) is 4.17. The van der Waals surface area contributed by atoms with Gasteiger partial charge in [-0.25, -0.2) is 0 Å². The molecule has 1 heterocycles. The zero-order valence-electron chi connectivity index (χ0n) is 14.6. The molecule has 0 saturated carbocycles. The predicted molar refractivity (Wildman–Crippen MR) is 97.8 cm³/mol. The summed E-state index contributed by atoms with van der Waals surface area (Å²) < 4.78 is 43.7. The molecule has 3 nitrogen and oxygen atoms in total. The molecule has 0 saturated heterocycles. The van der Waals surface area contributed by atoms with Gasteiger partial charge in [0.1, 0.15) is 18.1 Å². The van der Waals surface area contributed by atoms with Crippen LogP contribution in [0.4, 0.5) is 18.9 Å². The minimum atomic E-state index is -4.48. The smallest absolute Gasteiger partial charge is 0.416 e. The monoisotopic (exact) mass is 373 g/mol. The molecule has 0 bridgehead atoms. The average molecular weight is 373 g/mol. The number of phenols is 1. The number of furan rings is 1. The normalized spacial score (nSPS) is 11.4. The van der Waals surface area contributed by atoms with Gasteiger partial charge in [-0.2, -0.15) is 13.2 Å². The molecular formula is C21H18F3NO2. The maximum Gasteiger partial charge on any atom is 0.416 e. The first kappa shape index (κ1) is 18.5. The second-order valence-corrected chi connectivity index (χ2v) is 6.13. The van der Waals surface area contributed by atoms with Gasteiger partial charge in [-0.3, -0.25) is 4.58 Å². The topological polar surface area (TPSA) is 25.9 Å². The van der Waals surface area contributed by atoms with Crippen molar-refractivity contribution in [2.45, 2.75) is 13.1 Å². The Morgan fingerprint density at radius 2 is 1.81 bits per heavy atom. The molecule has 1 aromatic heterocycles. The molecule has 6 heteroatoms. The summed E-state index contributed by atoms with van der Waals surface area (Å²) in [6.07, 6.45) is -4.48. The van der Waals surface area contributed by atoms with Crippen LogP contribution in [0.3, 0.4) is 0 Å². The van der Waals surface area contributed by atoms with Gasteiger partial charge in [0.25, 0.3) is 0 Å².